The fourth-order valence-electron chi connectivity index (χ4n) is 2.67. The molecule has 0 spiro atoms. The second-order valence-corrected chi connectivity index (χ2v) is 7.92. The predicted octanol–water partition coefficient (Wildman–Crippen LogP) is 3.26. The number of anilines is 1. The van der Waals surface area contributed by atoms with Gasteiger partial charge in [-0.3, -0.25) is 4.79 Å². The lowest BCUT2D eigenvalue weighted by Gasteiger charge is -2.19. The van der Waals surface area contributed by atoms with E-state index in [0.717, 1.165) is 11.1 Å². The lowest BCUT2D eigenvalue weighted by Crippen LogP contribution is -2.27. The van der Waals surface area contributed by atoms with Gasteiger partial charge in [0.1, 0.15) is 0 Å². The van der Waals surface area contributed by atoms with Crippen molar-refractivity contribution in [3.05, 3.63) is 58.6 Å². The first-order chi connectivity index (χ1) is 11.3. The van der Waals surface area contributed by atoms with Crippen LogP contribution < -0.4 is 10.0 Å². The van der Waals surface area contributed by atoms with Crippen molar-refractivity contribution in [2.24, 2.45) is 0 Å². The third-order valence-corrected chi connectivity index (χ3v) is 5.74. The fourth-order valence-corrected chi connectivity index (χ4v) is 4.15. The van der Waals surface area contributed by atoms with Crippen LogP contribution >= 0.6 is 11.6 Å². The molecular weight excluding hydrogens is 348 g/mol. The number of hydrogen-bond donors (Lipinski definition) is 2. The van der Waals surface area contributed by atoms with Gasteiger partial charge in [0, 0.05) is 23.2 Å². The molecule has 2 aromatic rings. The van der Waals surface area contributed by atoms with Crippen LogP contribution in [0.15, 0.2) is 47.4 Å². The number of fused-ring (bicyclic) bond motifs is 1. The topological polar surface area (TPSA) is 75.3 Å². The number of rotatable bonds is 4. The number of benzene rings is 2. The average molecular weight is 365 g/mol. The smallest absolute Gasteiger partial charge is 0.241 e. The third kappa shape index (κ3) is 3.61. The van der Waals surface area contributed by atoms with Gasteiger partial charge < -0.3 is 5.32 Å². The zero-order valence-corrected chi connectivity index (χ0v) is 14.6. The van der Waals surface area contributed by atoms with Gasteiger partial charge in [-0.2, -0.15) is 0 Å². The van der Waals surface area contributed by atoms with Crippen LogP contribution in [-0.2, 0) is 21.2 Å². The highest BCUT2D eigenvalue weighted by molar-refractivity contribution is 7.89. The lowest BCUT2D eigenvalue weighted by molar-refractivity contribution is -0.116. The molecule has 0 aromatic heterocycles. The monoisotopic (exact) mass is 364 g/mol. The summed E-state index contributed by atoms with van der Waals surface area (Å²) in [5, 5.41) is 3.30. The highest BCUT2D eigenvalue weighted by Gasteiger charge is 2.22. The minimum Gasteiger partial charge on any atom is -0.326 e. The van der Waals surface area contributed by atoms with Crippen LogP contribution in [0.25, 0.3) is 0 Å². The van der Waals surface area contributed by atoms with Crippen LogP contribution in [0.2, 0.25) is 5.02 Å². The molecule has 126 valence electrons. The maximum atomic E-state index is 12.6. The van der Waals surface area contributed by atoms with Crippen LogP contribution in [0, 0.1) is 0 Å². The van der Waals surface area contributed by atoms with Gasteiger partial charge in [0.2, 0.25) is 15.9 Å². The minimum atomic E-state index is -3.67. The highest BCUT2D eigenvalue weighted by Crippen LogP contribution is 2.26. The quantitative estimate of drug-likeness (QED) is 0.874. The second-order valence-electron chi connectivity index (χ2n) is 5.77. The van der Waals surface area contributed by atoms with Crippen LogP contribution in [0.4, 0.5) is 5.69 Å². The molecule has 3 rings (SSSR count). The highest BCUT2D eigenvalue weighted by atomic mass is 35.5. The normalized spacial score (nSPS) is 15.5. The van der Waals surface area contributed by atoms with Crippen LogP contribution in [-0.4, -0.2) is 14.3 Å². The molecule has 7 heteroatoms. The van der Waals surface area contributed by atoms with Crippen LogP contribution in [0.1, 0.15) is 30.5 Å². The molecule has 1 aliphatic heterocycles. The molecule has 1 amide bonds. The van der Waals surface area contributed by atoms with Gasteiger partial charge in [0.05, 0.1) is 4.90 Å². The van der Waals surface area contributed by atoms with Gasteiger partial charge in [-0.15, -0.1) is 0 Å². The van der Waals surface area contributed by atoms with Crippen LogP contribution in [0.5, 0.6) is 0 Å². The largest absolute Gasteiger partial charge is 0.326 e. The Morgan fingerprint density at radius 1 is 1.17 bits per heavy atom. The first kappa shape index (κ1) is 17.0. The predicted molar refractivity (Wildman–Crippen MR) is 93.6 cm³/mol. The van der Waals surface area contributed by atoms with Crippen molar-refractivity contribution in [2.45, 2.75) is 30.7 Å². The summed E-state index contributed by atoms with van der Waals surface area (Å²) in [5.74, 6) is -0.0502. The molecule has 0 radical (unpaired) electrons. The van der Waals surface area contributed by atoms with Crippen molar-refractivity contribution in [3.63, 3.8) is 0 Å². The molecule has 2 aromatic carbocycles. The minimum absolute atomic E-state index is 0.0502. The first-order valence-corrected chi connectivity index (χ1v) is 9.42. The van der Waals surface area contributed by atoms with Crippen molar-refractivity contribution in [1.29, 1.82) is 0 Å². The van der Waals surface area contributed by atoms with Crippen molar-refractivity contribution in [3.8, 4) is 0 Å². The molecule has 0 bridgehead atoms. The summed E-state index contributed by atoms with van der Waals surface area (Å²) in [6.07, 6.45) is 0.900. The van der Waals surface area contributed by atoms with E-state index in [1.807, 2.05) is 6.07 Å². The lowest BCUT2D eigenvalue weighted by atomic mass is 10.0. The van der Waals surface area contributed by atoms with Crippen molar-refractivity contribution < 1.29 is 13.2 Å². The van der Waals surface area contributed by atoms with E-state index < -0.39 is 16.1 Å². The molecular formula is C17H17ClN2O3S. The second kappa shape index (κ2) is 6.55. The van der Waals surface area contributed by atoms with Gasteiger partial charge in [0.25, 0.3) is 0 Å². The Hall–Kier alpha value is -1.89. The number of carbonyl (C=O) groups is 1. The number of hydrogen-bond acceptors (Lipinski definition) is 3. The van der Waals surface area contributed by atoms with E-state index in [1.165, 1.54) is 6.07 Å². The molecule has 24 heavy (non-hydrogen) atoms. The Kier molecular flexibility index (Phi) is 4.62. The van der Waals surface area contributed by atoms with E-state index in [2.05, 4.69) is 10.0 Å². The van der Waals surface area contributed by atoms with Gasteiger partial charge in [-0.1, -0.05) is 23.7 Å². The number of carbonyl (C=O) groups excluding carboxylic acids is 1. The maximum absolute atomic E-state index is 12.6. The first-order valence-electron chi connectivity index (χ1n) is 7.56. The fraction of sp³-hybridized carbons (Fsp3) is 0.235. The number of nitrogens with one attached hydrogen (secondary N) is 2. The van der Waals surface area contributed by atoms with Crippen LogP contribution in [0.3, 0.4) is 0 Å². The standard InChI is InChI=1S/C17H17ClN2O3S/c1-11(12-3-2-4-14(18)9-12)20-24(22,23)15-6-7-16-13(10-15)5-8-17(21)19-16/h2-4,6-7,9-11,20H,5,8H2,1H3,(H,19,21)/t11-/m1/s1. The Balaban J connectivity index is 1.84. The van der Waals surface area contributed by atoms with E-state index in [4.69, 9.17) is 11.6 Å². The van der Waals surface area contributed by atoms with Crippen molar-refractivity contribution in [2.75, 3.05) is 5.32 Å². The Morgan fingerprint density at radius 3 is 2.71 bits per heavy atom. The number of aryl methyl sites for hydroxylation is 1. The van der Waals surface area contributed by atoms with E-state index in [1.54, 1.807) is 37.3 Å². The molecule has 0 saturated carbocycles. The molecule has 1 heterocycles. The Morgan fingerprint density at radius 2 is 1.96 bits per heavy atom. The molecule has 1 atom stereocenters. The molecule has 0 saturated heterocycles. The SMILES string of the molecule is C[C@@H](NS(=O)(=O)c1ccc2c(c1)CCC(=O)N2)c1cccc(Cl)c1. The summed E-state index contributed by atoms with van der Waals surface area (Å²) >= 11 is 5.96. The summed E-state index contributed by atoms with van der Waals surface area (Å²) in [7, 11) is -3.67. The summed E-state index contributed by atoms with van der Waals surface area (Å²) in [6, 6.07) is 11.4. The summed E-state index contributed by atoms with van der Waals surface area (Å²) in [4.78, 5) is 11.6. The van der Waals surface area contributed by atoms with Crippen molar-refractivity contribution >= 4 is 33.2 Å². The number of amides is 1. The summed E-state index contributed by atoms with van der Waals surface area (Å²) in [5.41, 5.74) is 2.29. The van der Waals surface area contributed by atoms with Gasteiger partial charge in [0.15, 0.2) is 0 Å². The van der Waals surface area contributed by atoms with E-state index in [9.17, 15) is 13.2 Å². The molecule has 2 N–H and O–H groups in total. The number of sulfonamides is 1. The van der Waals surface area contributed by atoms with E-state index >= 15 is 0 Å². The Bertz CT molecular complexity index is 896. The molecule has 1 aliphatic rings. The van der Waals surface area contributed by atoms with E-state index in [0.29, 0.717) is 23.6 Å². The number of halogens is 1. The molecule has 0 aliphatic carbocycles. The third-order valence-electron chi connectivity index (χ3n) is 3.96. The zero-order chi connectivity index (χ0) is 17.3. The zero-order valence-electron chi connectivity index (χ0n) is 13.0. The maximum Gasteiger partial charge on any atom is 0.241 e. The summed E-state index contributed by atoms with van der Waals surface area (Å²) in [6.45, 7) is 1.77. The van der Waals surface area contributed by atoms with Gasteiger partial charge in [-0.05, 0) is 54.8 Å². The molecule has 0 fully saturated rings. The summed E-state index contributed by atoms with van der Waals surface area (Å²) < 4.78 is 27.9. The van der Waals surface area contributed by atoms with Gasteiger partial charge in [-0.25, -0.2) is 13.1 Å². The molecule has 5 nitrogen and oxygen atoms in total. The Labute approximate surface area is 146 Å². The average Bonchev–Trinajstić information content (AvgIpc) is 2.53. The van der Waals surface area contributed by atoms with E-state index in [-0.39, 0.29) is 10.8 Å². The van der Waals surface area contributed by atoms with Crippen molar-refractivity contribution in [1.82, 2.24) is 4.72 Å². The van der Waals surface area contributed by atoms with Gasteiger partial charge >= 0.3 is 0 Å². The molecule has 0 unspecified atom stereocenters.